The van der Waals surface area contributed by atoms with Crippen molar-refractivity contribution >= 4 is 11.3 Å². The molecule has 2 saturated heterocycles. The van der Waals surface area contributed by atoms with E-state index in [2.05, 4.69) is 35.9 Å². The topological polar surface area (TPSA) is 15.7 Å². The van der Waals surface area contributed by atoms with Gasteiger partial charge in [-0.1, -0.05) is 0 Å². The molecule has 0 amide bonds. The Bertz CT molecular complexity index is 406. The molecule has 0 unspecified atom stereocenters. The second-order valence-corrected chi connectivity index (χ2v) is 7.01. The Kier molecular flexibility index (Phi) is 3.71. The third-order valence-electron chi connectivity index (χ3n) is 3.98. The highest BCUT2D eigenvalue weighted by atomic mass is 32.1. The molecule has 2 aliphatic heterocycles. The summed E-state index contributed by atoms with van der Waals surface area (Å²) in [5.41, 5.74) is 0. The van der Waals surface area contributed by atoms with Crippen LogP contribution in [0.4, 0.5) is 0 Å². The molecule has 100 valence electrons. The predicted octanol–water partition coefficient (Wildman–Crippen LogP) is 1.82. The lowest BCUT2D eigenvalue weighted by Gasteiger charge is -2.18. The average molecular weight is 266 g/mol. The number of nitrogens with zero attached hydrogens (tertiary/aromatic N) is 2. The molecule has 0 spiro atoms. The van der Waals surface area contributed by atoms with Crippen molar-refractivity contribution in [3.63, 3.8) is 0 Å². The highest BCUT2D eigenvalue weighted by Gasteiger charge is 2.35. The molecule has 2 atom stereocenters. The van der Waals surface area contributed by atoms with Crippen LogP contribution >= 0.6 is 11.3 Å². The maximum atomic E-state index is 5.99. The number of likely N-dealkylation sites (tertiary alicyclic amines) is 1. The van der Waals surface area contributed by atoms with Crippen LogP contribution in [0.5, 0.6) is 0 Å². The summed E-state index contributed by atoms with van der Waals surface area (Å²) < 4.78 is 5.99. The number of rotatable bonds is 2. The Morgan fingerprint density at radius 2 is 2.22 bits per heavy atom. The van der Waals surface area contributed by atoms with E-state index in [0.29, 0.717) is 12.0 Å². The molecule has 3 rings (SSSR count). The molecular weight excluding hydrogens is 244 g/mol. The lowest BCUT2D eigenvalue weighted by molar-refractivity contribution is 0.0515. The average Bonchev–Trinajstić information content (AvgIpc) is 2.83. The fraction of sp³-hybridized carbons (Fsp3) is 0.714. The third-order valence-corrected chi connectivity index (χ3v) is 4.97. The van der Waals surface area contributed by atoms with Gasteiger partial charge in [0, 0.05) is 48.4 Å². The van der Waals surface area contributed by atoms with Gasteiger partial charge in [-0.05, 0) is 26.1 Å². The van der Waals surface area contributed by atoms with E-state index in [1.165, 1.54) is 22.8 Å². The monoisotopic (exact) mass is 266 g/mol. The van der Waals surface area contributed by atoms with Gasteiger partial charge in [0.15, 0.2) is 0 Å². The van der Waals surface area contributed by atoms with Crippen LogP contribution in [0, 0.1) is 12.8 Å². The fourth-order valence-electron chi connectivity index (χ4n) is 3.06. The van der Waals surface area contributed by atoms with Crippen molar-refractivity contribution in [3.05, 3.63) is 21.9 Å². The summed E-state index contributed by atoms with van der Waals surface area (Å²) in [6.07, 6.45) is 0.455. The van der Waals surface area contributed by atoms with Crippen LogP contribution < -0.4 is 0 Å². The number of ether oxygens (including phenoxy) is 1. The first-order chi connectivity index (χ1) is 8.70. The molecule has 1 aromatic rings. The Morgan fingerprint density at radius 1 is 1.33 bits per heavy atom. The van der Waals surface area contributed by atoms with Crippen LogP contribution in [0.15, 0.2) is 12.1 Å². The largest absolute Gasteiger partial charge is 0.375 e. The zero-order valence-electron chi connectivity index (χ0n) is 11.3. The van der Waals surface area contributed by atoms with E-state index in [4.69, 9.17) is 4.74 Å². The van der Waals surface area contributed by atoms with Crippen LogP contribution in [0.25, 0.3) is 0 Å². The molecule has 0 bridgehead atoms. The van der Waals surface area contributed by atoms with E-state index in [9.17, 15) is 0 Å². The first kappa shape index (κ1) is 12.6. The molecule has 0 aliphatic carbocycles. The van der Waals surface area contributed by atoms with Crippen molar-refractivity contribution in [3.8, 4) is 0 Å². The lowest BCUT2D eigenvalue weighted by atomic mass is 10.1. The van der Waals surface area contributed by atoms with Gasteiger partial charge in [0.1, 0.15) is 0 Å². The van der Waals surface area contributed by atoms with Crippen molar-refractivity contribution in [2.45, 2.75) is 19.6 Å². The van der Waals surface area contributed by atoms with E-state index < -0.39 is 0 Å². The molecule has 0 radical (unpaired) electrons. The fourth-order valence-corrected chi connectivity index (χ4v) is 4.00. The number of hydrogen-bond acceptors (Lipinski definition) is 4. The lowest BCUT2D eigenvalue weighted by Crippen LogP contribution is -2.29. The second-order valence-electron chi connectivity index (χ2n) is 5.64. The maximum absolute atomic E-state index is 5.99. The normalized spacial score (nSPS) is 30.3. The van der Waals surface area contributed by atoms with Crippen LogP contribution in [0.3, 0.4) is 0 Å². The Balaban J connectivity index is 1.60. The molecule has 1 aromatic heterocycles. The zero-order chi connectivity index (χ0) is 12.5. The van der Waals surface area contributed by atoms with Gasteiger partial charge in [-0.2, -0.15) is 0 Å². The van der Waals surface area contributed by atoms with E-state index >= 15 is 0 Å². The number of thiophene rings is 1. The molecule has 4 heteroatoms. The highest BCUT2D eigenvalue weighted by Crippen LogP contribution is 2.26. The summed E-state index contributed by atoms with van der Waals surface area (Å²) in [6.45, 7) is 8.73. The zero-order valence-corrected chi connectivity index (χ0v) is 12.1. The smallest absolute Gasteiger partial charge is 0.0755 e. The van der Waals surface area contributed by atoms with Crippen LogP contribution in [-0.2, 0) is 11.3 Å². The van der Waals surface area contributed by atoms with Crippen molar-refractivity contribution < 1.29 is 4.74 Å². The summed E-state index contributed by atoms with van der Waals surface area (Å²) in [4.78, 5) is 7.86. The van der Waals surface area contributed by atoms with E-state index in [1.54, 1.807) is 0 Å². The van der Waals surface area contributed by atoms with Gasteiger partial charge in [-0.15, -0.1) is 11.3 Å². The first-order valence-electron chi connectivity index (χ1n) is 6.78. The van der Waals surface area contributed by atoms with Crippen LogP contribution in [0.2, 0.25) is 0 Å². The van der Waals surface area contributed by atoms with Crippen molar-refractivity contribution in [2.24, 2.45) is 5.92 Å². The van der Waals surface area contributed by atoms with Crippen molar-refractivity contribution in [2.75, 3.05) is 39.8 Å². The van der Waals surface area contributed by atoms with Gasteiger partial charge in [0.2, 0.25) is 0 Å². The van der Waals surface area contributed by atoms with E-state index in [1.807, 2.05) is 11.3 Å². The SMILES string of the molecule is Cc1ccc(CN2C[C@@H]3CN(C)CCO[C@@H]3C2)s1. The Hall–Kier alpha value is -0.420. The number of hydrogen-bond donors (Lipinski definition) is 0. The van der Waals surface area contributed by atoms with Crippen LogP contribution in [-0.4, -0.2) is 55.7 Å². The molecule has 0 aromatic carbocycles. The third kappa shape index (κ3) is 2.77. The minimum Gasteiger partial charge on any atom is -0.375 e. The van der Waals surface area contributed by atoms with Crippen molar-refractivity contribution in [1.82, 2.24) is 9.80 Å². The quantitative estimate of drug-likeness (QED) is 0.812. The Labute approximate surface area is 113 Å². The van der Waals surface area contributed by atoms with Crippen molar-refractivity contribution in [1.29, 1.82) is 0 Å². The Morgan fingerprint density at radius 3 is 3.00 bits per heavy atom. The molecule has 0 N–H and O–H groups in total. The predicted molar refractivity (Wildman–Crippen MR) is 75.1 cm³/mol. The number of aryl methyl sites for hydroxylation is 1. The van der Waals surface area contributed by atoms with Crippen LogP contribution in [0.1, 0.15) is 9.75 Å². The summed E-state index contributed by atoms with van der Waals surface area (Å²) in [5.74, 6) is 0.693. The van der Waals surface area contributed by atoms with Gasteiger partial charge in [0.25, 0.3) is 0 Å². The maximum Gasteiger partial charge on any atom is 0.0755 e. The van der Waals surface area contributed by atoms with E-state index in [-0.39, 0.29) is 0 Å². The minimum absolute atomic E-state index is 0.455. The van der Waals surface area contributed by atoms with Gasteiger partial charge in [0.05, 0.1) is 12.7 Å². The van der Waals surface area contributed by atoms with Gasteiger partial charge < -0.3 is 9.64 Å². The summed E-state index contributed by atoms with van der Waals surface area (Å²) in [7, 11) is 2.21. The van der Waals surface area contributed by atoms with Gasteiger partial charge in [-0.3, -0.25) is 4.90 Å². The number of likely N-dealkylation sites (N-methyl/N-ethyl adjacent to an activating group) is 1. The van der Waals surface area contributed by atoms with Gasteiger partial charge >= 0.3 is 0 Å². The first-order valence-corrected chi connectivity index (χ1v) is 7.60. The highest BCUT2D eigenvalue weighted by molar-refractivity contribution is 7.11. The van der Waals surface area contributed by atoms with E-state index in [0.717, 1.165) is 26.2 Å². The molecule has 18 heavy (non-hydrogen) atoms. The molecule has 2 fully saturated rings. The summed E-state index contributed by atoms with van der Waals surface area (Å²) in [5, 5.41) is 0. The molecule has 3 heterocycles. The standard InChI is InChI=1S/C14H22N2OS/c1-11-3-4-13(18-11)9-16-8-12-7-15(2)5-6-17-14(12)10-16/h3-4,12,14H,5-10H2,1-2H3/t12-,14+/m0/s1. The van der Waals surface area contributed by atoms with Gasteiger partial charge in [-0.25, -0.2) is 0 Å². The summed E-state index contributed by atoms with van der Waals surface area (Å²) >= 11 is 1.92. The molecule has 2 aliphatic rings. The number of fused-ring (bicyclic) bond motifs is 1. The molecule has 0 saturated carbocycles. The second kappa shape index (κ2) is 5.29. The molecule has 3 nitrogen and oxygen atoms in total. The molecular formula is C14H22N2OS. The minimum atomic E-state index is 0.455. The summed E-state index contributed by atoms with van der Waals surface area (Å²) in [6, 6.07) is 4.49.